The Morgan fingerprint density at radius 1 is 1.06 bits per heavy atom. The maximum atomic E-state index is 13.2. The molecule has 4 aromatic rings. The molecule has 5 rings (SSSR count). The molecule has 0 spiro atoms. The number of hydrogen-bond donors (Lipinski definition) is 1. The molecule has 34 heavy (non-hydrogen) atoms. The van der Waals surface area contributed by atoms with Gasteiger partial charge in [-0.2, -0.15) is 5.10 Å². The number of nitrogens with zero attached hydrogens (tertiary/aromatic N) is 3. The van der Waals surface area contributed by atoms with Crippen molar-refractivity contribution in [1.29, 1.82) is 0 Å². The number of amides is 1. The number of aryl methyl sites for hydroxylation is 3. The molecule has 1 amide bonds. The van der Waals surface area contributed by atoms with E-state index in [1.54, 1.807) is 6.07 Å². The van der Waals surface area contributed by atoms with Crippen LogP contribution in [0.25, 0.3) is 16.7 Å². The van der Waals surface area contributed by atoms with E-state index >= 15 is 0 Å². The Morgan fingerprint density at radius 2 is 1.82 bits per heavy atom. The van der Waals surface area contributed by atoms with E-state index in [2.05, 4.69) is 10.2 Å². The van der Waals surface area contributed by atoms with Crippen LogP contribution in [0.15, 0.2) is 57.7 Å². The molecule has 174 valence electrons. The number of benzene rings is 2. The largest absolute Gasteiger partial charge is 0.422 e. The Labute approximate surface area is 198 Å². The lowest BCUT2D eigenvalue weighted by molar-refractivity contribution is -0.129. The highest BCUT2D eigenvalue weighted by Crippen LogP contribution is 2.32. The molecule has 1 aliphatic rings. The first kappa shape index (κ1) is 22.1. The summed E-state index contributed by atoms with van der Waals surface area (Å²) in [5, 5.41) is 8.68. The maximum Gasteiger partial charge on any atom is 0.336 e. The standard InChI is InChI=1S/C27H28N4O3/c1-16-10-11-22-20(14-23(32)34-26(22)17(16)2)15-30-13-12-28-27(33)25(30)24-18(3)29-31(19(24)4)21-8-6-5-7-9-21/h5-11,14,25H,12-13,15H2,1-4H3,(H,28,33)/t25-/m0/s1. The molecule has 7 nitrogen and oxygen atoms in total. The van der Waals surface area contributed by atoms with Gasteiger partial charge < -0.3 is 9.73 Å². The third-order valence-electron chi connectivity index (χ3n) is 6.82. The van der Waals surface area contributed by atoms with E-state index in [0.717, 1.165) is 44.7 Å². The number of fused-ring (bicyclic) bond motifs is 1. The highest BCUT2D eigenvalue weighted by Gasteiger charge is 2.35. The Kier molecular flexibility index (Phi) is 5.57. The first-order chi connectivity index (χ1) is 16.3. The van der Waals surface area contributed by atoms with Crippen molar-refractivity contribution in [1.82, 2.24) is 20.0 Å². The van der Waals surface area contributed by atoms with Gasteiger partial charge in [0.1, 0.15) is 11.6 Å². The van der Waals surface area contributed by atoms with Gasteiger partial charge in [-0.05, 0) is 56.5 Å². The minimum Gasteiger partial charge on any atom is -0.422 e. The van der Waals surface area contributed by atoms with Gasteiger partial charge in [-0.3, -0.25) is 9.69 Å². The fourth-order valence-electron chi connectivity index (χ4n) is 4.94. The van der Waals surface area contributed by atoms with Crippen molar-refractivity contribution in [2.75, 3.05) is 13.1 Å². The first-order valence-corrected chi connectivity index (χ1v) is 11.5. The monoisotopic (exact) mass is 456 g/mol. The van der Waals surface area contributed by atoms with Crippen molar-refractivity contribution >= 4 is 16.9 Å². The molecule has 1 atom stereocenters. The van der Waals surface area contributed by atoms with Gasteiger partial charge in [0, 0.05) is 42.3 Å². The molecule has 1 fully saturated rings. The van der Waals surface area contributed by atoms with Gasteiger partial charge in [-0.25, -0.2) is 9.48 Å². The van der Waals surface area contributed by atoms with Gasteiger partial charge in [0.25, 0.3) is 0 Å². The molecule has 3 heterocycles. The van der Waals surface area contributed by atoms with Gasteiger partial charge in [-0.15, -0.1) is 0 Å². The van der Waals surface area contributed by atoms with E-state index in [0.29, 0.717) is 25.2 Å². The van der Waals surface area contributed by atoms with Crippen molar-refractivity contribution in [3.8, 4) is 5.69 Å². The molecule has 0 aliphatic carbocycles. The Morgan fingerprint density at radius 3 is 2.59 bits per heavy atom. The lowest BCUT2D eigenvalue weighted by Gasteiger charge is -2.35. The van der Waals surface area contributed by atoms with Crippen LogP contribution in [0.2, 0.25) is 0 Å². The molecule has 0 radical (unpaired) electrons. The van der Waals surface area contributed by atoms with E-state index in [1.807, 2.05) is 74.8 Å². The highest BCUT2D eigenvalue weighted by molar-refractivity contribution is 5.86. The summed E-state index contributed by atoms with van der Waals surface area (Å²) in [6, 6.07) is 15.0. The fraction of sp³-hybridized carbons (Fsp3) is 0.296. The molecule has 2 aromatic carbocycles. The lowest BCUT2D eigenvalue weighted by atomic mass is 9.98. The van der Waals surface area contributed by atoms with E-state index in [1.165, 1.54) is 0 Å². The van der Waals surface area contributed by atoms with Crippen molar-refractivity contribution in [3.05, 3.63) is 92.6 Å². The second-order valence-electron chi connectivity index (χ2n) is 8.97. The van der Waals surface area contributed by atoms with E-state index in [4.69, 9.17) is 9.52 Å². The predicted octanol–water partition coefficient (Wildman–Crippen LogP) is 3.89. The topological polar surface area (TPSA) is 80.4 Å². The quantitative estimate of drug-likeness (QED) is 0.472. The van der Waals surface area contributed by atoms with Gasteiger partial charge in [0.05, 0.1) is 11.4 Å². The van der Waals surface area contributed by atoms with Crippen LogP contribution >= 0.6 is 0 Å². The zero-order valence-electron chi connectivity index (χ0n) is 19.9. The van der Waals surface area contributed by atoms with Gasteiger partial charge >= 0.3 is 5.63 Å². The third kappa shape index (κ3) is 3.72. The minimum atomic E-state index is -0.500. The molecular formula is C27H28N4O3. The molecular weight excluding hydrogens is 428 g/mol. The van der Waals surface area contributed by atoms with Crippen molar-refractivity contribution < 1.29 is 9.21 Å². The number of hydrogen-bond acceptors (Lipinski definition) is 5. The van der Waals surface area contributed by atoms with Crippen LogP contribution < -0.4 is 10.9 Å². The van der Waals surface area contributed by atoms with Crippen LogP contribution in [0, 0.1) is 27.7 Å². The van der Waals surface area contributed by atoms with Crippen molar-refractivity contribution in [3.63, 3.8) is 0 Å². The SMILES string of the molecule is Cc1ccc2c(CN3CCNC(=O)[C@@H]3c3c(C)nn(-c4ccccc4)c3C)cc(=O)oc2c1C. The zero-order valence-corrected chi connectivity index (χ0v) is 19.9. The third-order valence-corrected chi connectivity index (χ3v) is 6.82. The van der Waals surface area contributed by atoms with Crippen LogP contribution in [0.5, 0.6) is 0 Å². The molecule has 1 N–H and O–H groups in total. The second kappa shape index (κ2) is 8.57. The normalized spacial score (nSPS) is 16.7. The van der Waals surface area contributed by atoms with Gasteiger partial charge in [-0.1, -0.05) is 30.3 Å². The number of carbonyl (C=O) groups is 1. The van der Waals surface area contributed by atoms with Gasteiger partial charge in [0.15, 0.2) is 0 Å². The Balaban J connectivity index is 1.59. The Bertz CT molecular complexity index is 1450. The average molecular weight is 457 g/mol. The summed E-state index contributed by atoms with van der Waals surface area (Å²) in [7, 11) is 0. The number of piperazine rings is 1. The number of nitrogens with one attached hydrogen (secondary N) is 1. The molecule has 7 heteroatoms. The molecule has 0 bridgehead atoms. The number of aromatic nitrogens is 2. The summed E-state index contributed by atoms with van der Waals surface area (Å²) in [4.78, 5) is 27.8. The molecule has 0 saturated carbocycles. The summed E-state index contributed by atoms with van der Waals surface area (Å²) < 4.78 is 7.45. The lowest BCUT2D eigenvalue weighted by Crippen LogP contribution is -2.49. The fourth-order valence-corrected chi connectivity index (χ4v) is 4.94. The van der Waals surface area contributed by atoms with Crippen LogP contribution in [-0.2, 0) is 11.3 Å². The molecule has 1 saturated heterocycles. The molecule has 0 unspecified atom stereocenters. The summed E-state index contributed by atoms with van der Waals surface area (Å²) in [6.07, 6.45) is 0. The summed E-state index contributed by atoms with van der Waals surface area (Å²) >= 11 is 0. The van der Waals surface area contributed by atoms with E-state index < -0.39 is 6.04 Å². The van der Waals surface area contributed by atoms with Crippen molar-refractivity contribution in [2.45, 2.75) is 40.3 Å². The maximum absolute atomic E-state index is 13.2. The van der Waals surface area contributed by atoms with Crippen LogP contribution in [0.3, 0.4) is 0 Å². The zero-order chi connectivity index (χ0) is 24.0. The summed E-state index contributed by atoms with van der Waals surface area (Å²) in [5.74, 6) is -0.0515. The highest BCUT2D eigenvalue weighted by atomic mass is 16.4. The second-order valence-corrected chi connectivity index (χ2v) is 8.97. The van der Waals surface area contributed by atoms with Crippen LogP contribution in [0.1, 0.15) is 39.7 Å². The number of para-hydroxylation sites is 1. The summed E-state index contributed by atoms with van der Waals surface area (Å²) in [6.45, 7) is 9.59. The predicted molar refractivity (Wildman–Crippen MR) is 131 cm³/mol. The molecule has 1 aliphatic heterocycles. The first-order valence-electron chi connectivity index (χ1n) is 11.5. The summed E-state index contributed by atoms with van der Waals surface area (Å²) in [5.41, 5.74) is 6.73. The minimum absolute atomic E-state index is 0.0515. The number of rotatable bonds is 4. The smallest absolute Gasteiger partial charge is 0.336 e. The van der Waals surface area contributed by atoms with Crippen LogP contribution in [-0.4, -0.2) is 33.7 Å². The van der Waals surface area contributed by atoms with Crippen LogP contribution in [0.4, 0.5) is 0 Å². The van der Waals surface area contributed by atoms with Gasteiger partial charge in [0.2, 0.25) is 5.91 Å². The molecule has 2 aromatic heterocycles. The average Bonchev–Trinajstić information content (AvgIpc) is 3.11. The van der Waals surface area contributed by atoms with Crippen molar-refractivity contribution in [2.24, 2.45) is 0 Å². The number of carbonyl (C=O) groups excluding carboxylic acids is 1. The Hall–Kier alpha value is -3.71. The van der Waals surface area contributed by atoms with E-state index in [9.17, 15) is 9.59 Å². The van der Waals surface area contributed by atoms with E-state index in [-0.39, 0.29) is 11.5 Å².